The molecule has 1 amide bonds. The van der Waals surface area contributed by atoms with Crippen LogP contribution in [0.1, 0.15) is 41.5 Å². The van der Waals surface area contributed by atoms with Crippen LogP contribution < -0.4 is 10.6 Å². The van der Waals surface area contributed by atoms with Crippen LogP contribution in [0.25, 0.3) is 0 Å². The fourth-order valence-corrected chi connectivity index (χ4v) is 2.61. The molecule has 0 aromatic rings. The molecule has 0 spiro atoms. The van der Waals surface area contributed by atoms with Crippen LogP contribution in [-0.4, -0.2) is 50.2 Å². The Morgan fingerprint density at radius 3 is 2.20 bits per heavy atom. The Labute approximate surface area is 122 Å². The van der Waals surface area contributed by atoms with Crippen molar-refractivity contribution in [3.63, 3.8) is 0 Å². The molecule has 0 aliphatic heterocycles. The van der Waals surface area contributed by atoms with Gasteiger partial charge in [0, 0.05) is 24.4 Å². The highest BCUT2D eigenvalue weighted by atomic mass is 32.2. The van der Waals surface area contributed by atoms with E-state index >= 15 is 0 Å². The van der Waals surface area contributed by atoms with Gasteiger partial charge < -0.3 is 15.4 Å². The number of hydrogen-bond donors (Lipinski definition) is 2. The Kier molecular flexibility index (Phi) is 7.51. The van der Waals surface area contributed by atoms with E-state index in [1.807, 2.05) is 13.8 Å². The van der Waals surface area contributed by atoms with E-state index in [2.05, 4.69) is 10.6 Å². The Morgan fingerprint density at radius 2 is 1.75 bits per heavy atom. The lowest BCUT2D eigenvalue weighted by molar-refractivity contribution is 0.0508. The molecule has 0 aromatic heterocycles. The number of rotatable bonds is 7. The summed E-state index contributed by atoms with van der Waals surface area (Å²) in [6.07, 6.45) is -0.472. The lowest BCUT2D eigenvalue weighted by Crippen LogP contribution is -2.45. The quantitative estimate of drug-likeness (QED) is 0.741. The third kappa shape index (κ3) is 10.0. The van der Waals surface area contributed by atoms with E-state index in [9.17, 15) is 13.2 Å². The van der Waals surface area contributed by atoms with Crippen molar-refractivity contribution in [3.8, 4) is 0 Å². The number of alkyl carbamates (subject to hydrolysis) is 1. The molecule has 0 radical (unpaired) electrons. The average molecular weight is 308 g/mol. The monoisotopic (exact) mass is 308 g/mol. The zero-order chi connectivity index (χ0) is 16.0. The van der Waals surface area contributed by atoms with Crippen molar-refractivity contribution in [2.45, 2.75) is 59.2 Å². The number of hydrogen-bond acceptors (Lipinski definition) is 5. The summed E-state index contributed by atoms with van der Waals surface area (Å²) >= 11 is 0. The van der Waals surface area contributed by atoms with Crippen molar-refractivity contribution in [1.29, 1.82) is 0 Å². The first-order valence-corrected chi connectivity index (χ1v) is 8.70. The van der Waals surface area contributed by atoms with Crippen LogP contribution in [0.5, 0.6) is 0 Å². The second-order valence-corrected chi connectivity index (χ2v) is 8.45. The van der Waals surface area contributed by atoms with Gasteiger partial charge in [-0.05, 0) is 34.6 Å². The van der Waals surface area contributed by atoms with Gasteiger partial charge in [0.1, 0.15) is 5.60 Å². The van der Waals surface area contributed by atoms with Gasteiger partial charge in [-0.15, -0.1) is 0 Å². The van der Waals surface area contributed by atoms with E-state index < -0.39 is 21.5 Å². The van der Waals surface area contributed by atoms with Crippen LogP contribution >= 0.6 is 0 Å². The van der Waals surface area contributed by atoms with Gasteiger partial charge in [-0.1, -0.05) is 6.92 Å². The topological polar surface area (TPSA) is 84.5 Å². The van der Waals surface area contributed by atoms with Gasteiger partial charge in [0.15, 0.2) is 9.84 Å². The molecular weight excluding hydrogens is 280 g/mol. The summed E-state index contributed by atoms with van der Waals surface area (Å²) in [6, 6.07) is -0.292. The van der Waals surface area contributed by atoms with E-state index in [1.54, 1.807) is 27.7 Å². The maximum Gasteiger partial charge on any atom is 0.407 e. The van der Waals surface area contributed by atoms with Crippen LogP contribution in [0.4, 0.5) is 4.79 Å². The second kappa shape index (κ2) is 7.83. The number of ether oxygens (including phenoxy) is 1. The Hall–Kier alpha value is -0.820. The van der Waals surface area contributed by atoms with Crippen LogP contribution in [0.2, 0.25) is 0 Å². The number of carbonyl (C=O) groups excluding carboxylic acids is 1. The van der Waals surface area contributed by atoms with Gasteiger partial charge in [0.2, 0.25) is 0 Å². The highest BCUT2D eigenvalue weighted by Gasteiger charge is 2.18. The molecule has 0 aliphatic rings. The molecule has 0 heterocycles. The zero-order valence-corrected chi connectivity index (χ0v) is 14.1. The molecule has 20 heavy (non-hydrogen) atoms. The van der Waals surface area contributed by atoms with Crippen molar-refractivity contribution < 1.29 is 17.9 Å². The minimum Gasteiger partial charge on any atom is -0.444 e. The molecule has 0 bridgehead atoms. The molecule has 0 saturated heterocycles. The molecule has 6 nitrogen and oxygen atoms in total. The average Bonchev–Trinajstić information content (AvgIpc) is 2.23. The van der Waals surface area contributed by atoms with E-state index in [0.29, 0.717) is 6.54 Å². The molecule has 0 saturated carbocycles. The lowest BCUT2D eigenvalue weighted by Gasteiger charge is -2.23. The Bertz CT molecular complexity index is 401. The van der Waals surface area contributed by atoms with E-state index in [-0.39, 0.29) is 23.6 Å². The first-order valence-electron chi connectivity index (χ1n) is 6.88. The number of nitrogens with one attached hydrogen (secondary N) is 2. The van der Waals surface area contributed by atoms with Gasteiger partial charge in [0.25, 0.3) is 0 Å². The Morgan fingerprint density at radius 1 is 1.20 bits per heavy atom. The highest BCUT2D eigenvalue weighted by Crippen LogP contribution is 2.06. The van der Waals surface area contributed by atoms with Gasteiger partial charge in [-0.3, -0.25) is 0 Å². The van der Waals surface area contributed by atoms with Crippen LogP contribution in [0.3, 0.4) is 0 Å². The summed E-state index contributed by atoms with van der Waals surface area (Å²) < 4.78 is 28.1. The van der Waals surface area contributed by atoms with Crippen LogP contribution in [0, 0.1) is 0 Å². The van der Waals surface area contributed by atoms with Crippen molar-refractivity contribution in [2.24, 2.45) is 0 Å². The minimum atomic E-state index is -2.99. The van der Waals surface area contributed by atoms with Crippen molar-refractivity contribution in [3.05, 3.63) is 0 Å². The van der Waals surface area contributed by atoms with Crippen molar-refractivity contribution in [1.82, 2.24) is 10.6 Å². The third-order valence-electron chi connectivity index (χ3n) is 2.48. The molecule has 0 fully saturated rings. The molecule has 0 aromatic carbocycles. The molecule has 2 atom stereocenters. The van der Waals surface area contributed by atoms with Gasteiger partial charge in [0.05, 0.1) is 5.75 Å². The normalized spacial score (nSPS) is 15.5. The number of carbonyl (C=O) groups is 1. The molecule has 2 unspecified atom stereocenters. The predicted molar refractivity (Wildman–Crippen MR) is 80.6 cm³/mol. The summed E-state index contributed by atoms with van der Waals surface area (Å²) in [4.78, 5) is 11.5. The van der Waals surface area contributed by atoms with Crippen molar-refractivity contribution in [2.75, 3.05) is 18.1 Å². The third-order valence-corrected chi connectivity index (χ3v) is 4.37. The summed E-state index contributed by atoms with van der Waals surface area (Å²) in [5.74, 6) is 0.243. The van der Waals surface area contributed by atoms with Gasteiger partial charge in [-0.25, -0.2) is 13.2 Å². The Balaban J connectivity index is 4.05. The standard InChI is InChI=1S/C13H28N2O4S/c1-7-20(17,18)9-11(3)14-8-10(2)15-12(16)19-13(4,5)6/h10-11,14H,7-9H2,1-6H3,(H,15,16). The van der Waals surface area contributed by atoms with Gasteiger partial charge >= 0.3 is 6.09 Å². The smallest absolute Gasteiger partial charge is 0.407 e. The molecule has 2 N–H and O–H groups in total. The largest absolute Gasteiger partial charge is 0.444 e. The molecule has 7 heteroatoms. The van der Waals surface area contributed by atoms with Crippen molar-refractivity contribution >= 4 is 15.9 Å². The van der Waals surface area contributed by atoms with E-state index in [0.717, 1.165) is 0 Å². The van der Waals surface area contributed by atoms with E-state index in [1.165, 1.54) is 0 Å². The molecule has 0 rings (SSSR count). The second-order valence-electron chi connectivity index (χ2n) is 6.06. The maximum absolute atomic E-state index is 11.5. The zero-order valence-electron chi connectivity index (χ0n) is 13.3. The SMILES string of the molecule is CCS(=O)(=O)CC(C)NCC(C)NC(=O)OC(C)(C)C. The van der Waals surface area contributed by atoms with E-state index in [4.69, 9.17) is 4.74 Å². The van der Waals surface area contributed by atoms with Crippen LogP contribution in [-0.2, 0) is 14.6 Å². The molecule has 0 aliphatic carbocycles. The summed E-state index contributed by atoms with van der Waals surface area (Å²) in [6.45, 7) is 11.2. The predicted octanol–water partition coefficient (Wildman–Crippen LogP) is 1.31. The number of amides is 1. The summed E-state index contributed by atoms with van der Waals surface area (Å²) in [7, 11) is -2.99. The minimum absolute atomic E-state index is 0.0999. The maximum atomic E-state index is 11.5. The fraction of sp³-hybridized carbons (Fsp3) is 0.923. The molecule has 120 valence electrons. The summed E-state index contributed by atoms with van der Waals surface area (Å²) in [5.41, 5.74) is -0.528. The highest BCUT2D eigenvalue weighted by molar-refractivity contribution is 7.91. The number of sulfone groups is 1. The first kappa shape index (κ1) is 19.2. The van der Waals surface area contributed by atoms with Crippen LogP contribution in [0.15, 0.2) is 0 Å². The fourth-order valence-electron chi connectivity index (χ4n) is 1.50. The summed E-state index contributed by atoms with van der Waals surface area (Å²) in [5, 5.41) is 5.79. The lowest BCUT2D eigenvalue weighted by atomic mass is 10.2. The first-order chi connectivity index (χ1) is 8.95. The molecular formula is C13H28N2O4S. The van der Waals surface area contributed by atoms with Gasteiger partial charge in [-0.2, -0.15) is 0 Å².